The standard InChI is InChI=1S/C13H18ClN5O8P2/c1-15-10-9-11(18-12(14)17-10)19(5-16-9)7-2-8(27-29(23,24)25)13(3-6(7)13)4-26-28(20,21)22/h5-8H,2-4H2,1H3,(H,15,17,18)(H2,20,21,22)(H2,23,24,25)/t6?,7?,8?,13-/m0/s1. The van der Waals surface area contributed by atoms with E-state index in [1.54, 1.807) is 11.6 Å². The van der Waals surface area contributed by atoms with Gasteiger partial charge in [-0.15, -0.1) is 0 Å². The molecule has 2 saturated carbocycles. The fraction of sp³-hybridized carbons (Fsp3) is 0.615. The lowest BCUT2D eigenvalue weighted by Crippen LogP contribution is -2.26. The second kappa shape index (κ2) is 6.94. The highest BCUT2D eigenvalue weighted by molar-refractivity contribution is 7.46. The first-order valence-corrected chi connectivity index (χ1v) is 11.9. The molecule has 2 aromatic rings. The van der Waals surface area contributed by atoms with Crippen LogP contribution in [0.25, 0.3) is 11.2 Å². The first-order valence-electron chi connectivity index (χ1n) is 8.45. The minimum absolute atomic E-state index is 0.00323. The fourth-order valence-electron chi connectivity index (χ4n) is 4.25. The molecule has 0 aromatic carbocycles. The molecule has 2 aliphatic rings. The van der Waals surface area contributed by atoms with Crippen LogP contribution < -0.4 is 5.32 Å². The van der Waals surface area contributed by atoms with Crippen LogP contribution in [0.5, 0.6) is 0 Å². The number of fused-ring (bicyclic) bond motifs is 2. The number of halogens is 1. The van der Waals surface area contributed by atoms with Gasteiger partial charge in [0, 0.05) is 18.5 Å². The monoisotopic (exact) mass is 469 g/mol. The Balaban J connectivity index is 1.70. The molecule has 0 saturated heterocycles. The molecule has 5 N–H and O–H groups in total. The summed E-state index contributed by atoms with van der Waals surface area (Å²) >= 11 is 5.99. The number of phosphoric acid groups is 2. The van der Waals surface area contributed by atoms with Gasteiger partial charge in [-0.3, -0.25) is 9.05 Å². The summed E-state index contributed by atoms with van der Waals surface area (Å²) in [6, 6.07) is -0.340. The largest absolute Gasteiger partial charge is 0.469 e. The first-order chi connectivity index (χ1) is 13.4. The van der Waals surface area contributed by atoms with E-state index in [0.717, 1.165) is 0 Å². The van der Waals surface area contributed by atoms with Crippen molar-refractivity contribution in [1.29, 1.82) is 0 Å². The van der Waals surface area contributed by atoms with Gasteiger partial charge >= 0.3 is 15.6 Å². The van der Waals surface area contributed by atoms with Crippen molar-refractivity contribution < 1.29 is 37.8 Å². The van der Waals surface area contributed by atoms with Gasteiger partial charge in [-0.05, 0) is 30.4 Å². The molecule has 16 heteroatoms. The molecule has 29 heavy (non-hydrogen) atoms. The molecule has 160 valence electrons. The summed E-state index contributed by atoms with van der Waals surface area (Å²) in [5.74, 6) is 0.210. The molecule has 4 rings (SSSR count). The normalized spacial score (nSPS) is 29.2. The third-order valence-electron chi connectivity index (χ3n) is 5.49. The van der Waals surface area contributed by atoms with E-state index in [9.17, 15) is 18.9 Å². The molecule has 2 aromatic heterocycles. The molecule has 0 bridgehead atoms. The molecule has 2 fully saturated rings. The van der Waals surface area contributed by atoms with Crippen LogP contribution in [0.4, 0.5) is 5.82 Å². The van der Waals surface area contributed by atoms with Crippen LogP contribution in [-0.2, 0) is 18.2 Å². The highest BCUT2D eigenvalue weighted by Crippen LogP contribution is 2.71. The van der Waals surface area contributed by atoms with Crippen LogP contribution in [0.3, 0.4) is 0 Å². The Morgan fingerprint density at radius 2 is 2.03 bits per heavy atom. The average molecular weight is 470 g/mol. The maximum atomic E-state index is 11.4. The Bertz CT molecular complexity index is 1060. The van der Waals surface area contributed by atoms with Crippen molar-refractivity contribution in [3.05, 3.63) is 11.6 Å². The van der Waals surface area contributed by atoms with E-state index in [-0.39, 0.29) is 23.7 Å². The van der Waals surface area contributed by atoms with Crippen LogP contribution >= 0.6 is 27.2 Å². The SMILES string of the molecule is CNc1nc(Cl)nc2c1ncn2C1CC(OP(=O)(O)O)[C@]2(COP(=O)(O)O)CC12. The van der Waals surface area contributed by atoms with E-state index in [4.69, 9.17) is 25.9 Å². The number of hydrogen-bond donors (Lipinski definition) is 5. The quantitative estimate of drug-likeness (QED) is 0.287. The van der Waals surface area contributed by atoms with E-state index in [1.807, 2.05) is 0 Å². The number of anilines is 1. The Morgan fingerprint density at radius 1 is 1.31 bits per heavy atom. The van der Waals surface area contributed by atoms with Crippen LogP contribution in [0.15, 0.2) is 6.33 Å². The van der Waals surface area contributed by atoms with Gasteiger partial charge in [-0.2, -0.15) is 9.97 Å². The minimum atomic E-state index is -4.84. The van der Waals surface area contributed by atoms with E-state index in [0.29, 0.717) is 23.4 Å². The van der Waals surface area contributed by atoms with Crippen molar-refractivity contribution in [2.24, 2.45) is 11.3 Å². The van der Waals surface area contributed by atoms with Gasteiger partial charge in [-0.1, -0.05) is 0 Å². The summed E-state index contributed by atoms with van der Waals surface area (Å²) in [5.41, 5.74) is -0.0477. The molecule has 13 nitrogen and oxygen atoms in total. The summed E-state index contributed by atoms with van der Waals surface area (Å²) in [4.78, 5) is 49.2. The Kier molecular flexibility index (Phi) is 5.05. The number of nitrogens with zero attached hydrogens (tertiary/aromatic N) is 4. The van der Waals surface area contributed by atoms with Gasteiger partial charge in [0.1, 0.15) is 0 Å². The summed E-state index contributed by atoms with van der Waals surface area (Å²) < 4.78 is 33.9. The average Bonchev–Trinajstić information content (AvgIpc) is 3.07. The molecule has 0 aliphatic heterocycles. The van der Waals surface area contributed by atoms with Gasteiger partial charge in [0.15, 0.2) is 17.0 Å². The second-order valence-electron chi connectivity index (χ2n) is 7.11. The zero-order valence-electron chi connectivity index (χ0n) is 14.9. The molecular weight excluding hydrogens is 452 g/mol. The Morgan fingerprint density at radius 3 is 2.66 bits per heavy atom. The van der Waals surface area contributed by atoms with Crippen molar-refractivity contribution >= 4 is 44.2 Å². The maximum Gasteiger partial charge on any atom is 0.469 e. The molecule has 4 atom stereocenters. The lowest BCUT2D eigenvalue weighted by Gasteiger charge is -2.24. The van der Waals surface area contributed by atoms with E-state index >= 15 is 0 Å². The molecule has 0 radical (unpaired) electrons. The number of nitrogens with one attached hydrogen (secondary N) is 1. The fourth-order valence-corrected chi connectivity index (χ4v) is 5.45. The third kappa shape index (κ3) is 3.95. The topological polar surface area (TPSA) is 189 Å². The molecule has 0 spiro atoms. The summed E-state index contributed by atoms with van der Waals surface area (Å²) in [7, 11) is -7.94. The van der Waals surface area contributed by atoms with Crippen molar-refractivity contribution in [2.45, 2.75) is 25.0 Å². The predicted octanol–water partition coefficient (Wildman–Crippen LogP) is 1.06. The van der Waals surface area contributed by atoms with Crippen LogP contribution in [0.1, 0.15) is 18.9 Å². The van der Waals surface area contributed by atoms with Crippen molar-refractivity contribution in [3.63, 3.8) is 0 Å². The maximum absolute atomic E-state index is 11.4. The number of aromatic nitrogens is 4. The predicted molar refractivity (Wildman–Crippen MR) is 99.0 cm³/mol. The zero-order chi connectivity index (χ0) is 21.2. The smallest absolute Gasteiger partial charge is 0.371 e. The lowest BCUT2D eigenvalue weighted by molar-refractivity contribution is 0.0499. The Labute approximate surface area is 168 Å². The van der Waals surface area contributed by atoms with Crippen LogP contribution in [-0.4, -0.2) is 58.9 Å². The molecule has 3 unspecified atom stereocenters. The number of imidazole rings is 1. The number of hydrogen-bond acceptors (Lipinski definition) is 8. The van der Waals surface area contributed by atoms with E-state index in [1.165, 1.54) is 6.33 Å². The highest BCUT2D eigenvalue weighted by atomic mass is 35.5. The molecular formula is C13H18ClN5O8P2. The third-order valence-corrected chi connectivity index (χ3v) is 6.66. The summed E-state index contributed by atoms with van der Waals surface area (Å²) in [6.45, 7) is -0.396. The first kappa shape index (κ1) is 21.1. The second-order valence-corrected chi connectivity index (χ2v) is 9.88. The van der Waals surface area contributed by atoms with E-state index < -0.39 is 33.8 Å². The molecule has 2 heterocycles. The number of rotatable bonds is 7. The summed E-state index contributed by atoms with van der Waals surface area (Å²) in [6.07, 6.45) is 1.12. The van der Waals surface area contributed by atoms with Gasteiger partial charge in [0.25, 0.3) is 0 Å². The van der Waals surface area contributed by atoms with Gasteiger partial charge in [0.05, 0.1) is 19.0 Å². The van der Waals surface area contributed by atoms with Crippen LogP contribution in [0.2, 0.25) is 5.28 Å². The van der Waals surface area contributed by atoms with Gasteiger partial charge in [0.2, 0.25) is 5.28 Å². The Hall–Kier alpha value is -1.14. The van der Waals surface area contributed by atoms with Gasteiger partial charge < -0.3 is 29.5 Å². The van der Waals surface area contributed by atoms with Crippen molar-refractivity contribution in [1.82, 2.24) is 19.5 Å². The van der Waals surface area contributed by atoms with Crippen molar-refractivity contribution in [2.75, 3.05) is 19.0 Å². The molecule has 2 aliphatic carbocycles. The lowest BCUT2D eigenvalue weighted by atomic mass is 10.0. The van der Waals surface area contributed by atoms with Crippen molar-refractivity contribution in [3.8, 4) is 0 Å². The van der Waals surface area contributed by atoms with Crippen LogP contribution in [0, 0.1) is 11.3 Å². The zero-order valence-corrected chi connectivity index (χ0v) is 17.5. The number of phosphoric ester groups is 2. The van der Waals surface area contributed by atoms with E-state index in [2.05, 4.69) is 24.8 Å². The summed E-state index contributed by atoms with van der Waals surface area (Å²) in [5, 5.41) is 2.87. The minimum Gasteiger partial charge on any atom is -0.371 e. The molecule has 0 amide bonds. The van der Waals surface area contributed by atoms with Gasteiger partial charge in [-0.25, -0.2) is 14.1 Å². The highest BCUT2D eigenvalue weighted by Gasteiger charge is 2.70.